The minimum absolute atomic E-state index is 0.0417. The third-order valence-electron chi connectivity index (χ3n) is 0.890. The first-order valence-electron chi connectivity index (χ1n) is 2.12. The highest BCUT2D eigenvalue weighted by molar-refractivity contribution is 6.14. The molecule has 7 heavy (non-hydrogen) atoms. The highest BCUT2D eigenvalue weighted by Gasteiger charge is 2.12. The molecule has 3 nitrogen and oxygen atoms in total. The van der Waals surface area contributed by atoms with Gasteiger partial charge in [0.15, 0.2) is 0 Å². The molecule has 2 radical (unpaired) electrons. The Balaban J connectivity index is 2.48. The number of carbonyl (C=O) groups is 1. The van der Waals surface area contributed by atoms with Crippen molar-refractivity contribution in [2.75, 3.05) is 6.54 Å². The van der Waals surface area contributed by atoms with E-state index >= 15 is 0 Å². The van der Waals surface area contributed by atoms with E-state index in [2.05, 4.69) is 5.43 Å². The van der Waals surface area contributed by atoms with Crippen LogP contribution in [-0.2, 0) is 4.79 Å². The summed E-state index contributed by atoms with van der Waals surface area (Å²) in [5.41, 5.74) is 2.63. The Morgan fingerprint density at radius 2 is 2.57 bits per heavy atom. The van der Waals surface area contributed by atoms with Gasteiger partial charge >= 0.3 is 0 Å². The molecule has 1 amide bonds. The number of hydrazine groups is 1. The van der Waals surface area contributed by atoms with E-state index in [0.717, 1.165) is 4.92 Å². The van der Waals surface area contributed by atoms with Crippen LogP contribution in [0, 0.1) is 0 Å². The first-order valence-corrected chi connectivity index (χ1v) is 2.12. The van der Waals surface area contributed by atoms with E-state index < -0.39 is 0 Å². The summed E-state index contributed by atoms with van der Waals surface area (Å²) < 4.78 is 0. The molecule has 0 aliphatic carbocycles. The summed E-state index contributed by atoms with van der Waals surface area (Å²) in [6.07, 6.45) is 0.524. The maximum atomic E-state index is 10.3. The first kappa shape index (κ1) is 4.65. The fraction of sp³-hybridized carbons (Fsp3) is 0.667. The molecule has 0 spiro atoms. The normalized spacial score (nSPS) is 21.1. The van der Waals surface area contributed by atoms with E-state index in [0.29, 0.717) is 13.0 Å². The van der Waals surface area contributed by atoms with Crippen LogP contribution in [0.2, 0.25) is 0 Å². The molecule has 0 aromatic rings. The predicted molar refractivity (Wildman–Crippen MR) is 25.2 cm³/mol. The van der Waals surface area contributed by atoms with Crippen LogP contribution >= 0.6 is 0 Å². The van der Waals surface area contributed by atoms with Crippen LogP contribution in [0.4, 0.5) is 0 Å². The number of nitrogens with one attached hydrogen (secondary N) is 1. The van der Waals surface area contributed by atoms with Crippen molar-refractivity contribution in [2.24, 2.45) is 0 Å². The molecule has 0 aromatic carbocycles. The zero-order valence-electron chi connectivity index (χ0n) is 3.85. The van der Waals surface area contributed by atoms with Crippen molar-refractivity contribution < 1.29 is 4.79 Å². The van der Waals surface area contributed by atoms with Crippen molar-refractivity contribution in [1.29, 1.82) is 0 Å². The van der Waals surface area contributed by atoms with Crippen LogP contribution in [0.5, 0.6) is 0 Å². The Morgan fingerprint density at radius 3 is 2.71 bits per heavy atom. The molecular formula is C3H5BN2O. The predicted octanol–water partition coefficient (Wildman–Crippen LogP) is -1.19. The van der Waals surface area contributed by atoms with Gasteiger partial charge in [0, 0.05) is 13.0 Å². The fourth-order valence-corrected chi connectivity index (χ4v) is 0.492. The zero-order valence-corrected chi connectivity index (χ0v) is 3.85. The lowest BCUT2D eigenvalue weighted by molar-refractivity contribution is -0.124. The van der Waals surface area contributed by atoms with Gasteiger partial charge in [-0.3, -0.25) is 4.79 Å². The average molecular weight is 95.9 g/mol. The van der Waals surface area contributed by atoms with Gasteiger partial charge in [-0.15, -0.1) is 0 Å². The lowest BCUT2D eigenvalue weighted by atomic mass is 10.3. The Hall–Kier alpha value is -0.505. The maximum Gasteiger partial charge on any atom is 0.257 e. The molecule has 36 valence electrons. The summed E-state index contributed by atoms with van der Waals surface area (Å²) in [7, 11) is 5.05. The standard InChI is InChI=1S/C3H5BN2O/c4-6-3(7)1-2-5-6/h5H,1-2H2. The van der Waals surface area contributed by atoms with E-state index in [1.807, 2.05) is 0 Å². The quantitative estimate of drug-likeness (QED) is 0.384. The SMILES string of the molecule is [B]N1NCCC1=O. The number of amides is 1. The van der Waals surface area contributed by atoms with Gasteiger partial charge < -0.3 is 4.92 Å². The van der Waals surface area contributed by atoms with Crippen molar-refractivity contribution in [1.82, 2.24) is 10.3 Å². The third-order valence-corrected chi connectivity index (χ3v) is 0.890. The molecule has 0 atom stereocenters. The molecule has 1 rings (SSSR count). The molecule has 1 saturated heterocycles. The van der Waals surface area contributed by atoms with Crippen molar-refractivity contribution >= 4 is 13.9 Å². The van der Waals surface area contributed by atoms with Gasteiger partial charge in [-0.25, -0.2) is 5.43 Å². The zero-order chi connectivity index (χ0) is 5.28. The van der Waals surface area contributed by atoms with Gasteiger partial charge in [-0.05, 0) is 0 Å². The van der Waals surface area contributed by atoms with Crippen LogP contribution in [0.3, 0.4) is 0 Å². The molecular weight excluding hydrogens is 90.9 g/mol. The van der Waals surface area contributed by atoms with Gasteiger partial charge in [0.2, 0.25) is 5.91 Å². The monoisotopic (exact) mass is 96.0 g/mol. The number of hydrogen-bond acceptors (Lipinski definition) is 2. The lowest BCUT2D eigenvalue weighted by Crippen LogP contribution is -2.30. The van der Waals surface area contributed by atoms with Gasteiger partial charge in [0.25, 0.3) is 7.98 Å². The first-order chi connectivity index (χ1) is 3.30. The van der Waals surface area contributed by atoms with Crippen molar-refractivity contribution in [3.05, 3.63) is 0 Å². The summed E-state index contributed by atoms with van der Waals surface area (Å²) in [5.74, 6) is -0.0417. The maximum absolute atomic E-state index is 10.3. The van der Waals surface area contributed by atoms with Gasteiger partial charge in [0.05, 0.1) is 0 Å². The fourth-order valence-electron chi connectivity index (χ4n) is 0.492. The molecule has 1 fully saturated rings. The molecule has 1 aliphatic heterocycles. The summed E-state index contributed by atoms with van der Waals surface area (Å²) >= 11 is 0. The Bertz CT molecular complexity index is 94.9. The second kappa shape index (κ2) is 1.54. The molecule has 1 heterocycles. The molecule has 1 aliphatic rings. The highest BCUT2D eigenvalue weighted by atomic mass is 16.2. The van der Waals surface area contributed by atoms with Crippen molar-refractivity contribution in [3.8, 4) is 0 Å². The molecule has 0 aromatic heterocycles. The van der Waals surface area contributed by atoms with E-state index in [4.69, 9.17) is 7.98 Å². The van der Waals surface area contributed by atoms with Gasteiger partial charge in [0.1, 0.15) is 0 Å². The highest BCUT2D eigenvalue weighted by Crippen LogP contribution is 1.91. The Kier molecular flexibility index (Phi) is 1.02. The molecule has 0 bridgehead atoms. The van der Waals surface area contributed by atoms with Crippen LogP contribution < -0.4 is 5.43 Å². The number of nitrogens with zero attached hydrogens (tertiary/aromatic N) is 1. The van der Waals surface area contributed by atoms with Gasteiger partial charge in [-0.1, -0.05) is 0 Å². The average Bonchev–Trinajstić information content (AvgIpc) is 1.91. The topological polar surface area (TPSA) is 32.3 Å². The molecule has 0 saturated carbocycles. The molecule has 4 heteroatoms. The second-order valence-electron chi connectivity index (χ2n) is 1.42. The number of hydrogen-bond donors (Lipinski definition) is 1. The van der Waals surface area contributed by atoms with Crippen LogP contribution in [-0.4, -0.2) is 25.4 Å². The lowest BCUT2D eigenvalue weighted by Gasteiger charge is -2.05. The molecule has 0 unspecified atom stereocenters. The summed E-state index contributed by atoms with van der Waals surface area (Å²) in [6, 6.07) is 0. The smallest absolute Gasteiger partial charge is 0.257 e. The molecule has 1 N–H and O–H groups in total. The van der Waals surface area contributed by atoms with E-state index in [-0.39, 0.29) is 5.91 Å². The minimum Gasteiger partial charge on any atom is -0.338 e. The number of rotatable bonds is 0. The third kappa shape index (κ3) is 0.744. The van der Waals surface area contributed by atoms with E-state index in [1.165, 1.54) is 0 Å². The second-order valence-corrected chi connectivity index (χ2v) is 1.42. The summed E-state index contributed by atoms with van der Waals surface area (Å²) in [6.45, 7) is 0.676. The minimum atomic E-state index is -0.0417. The summed E-state index contributed by atoms with van der Waals surface area (Å²) in [5, 5.41) is 0. The van der Waals surface area contributed by atoms with Crippen LogP contribution in [0.15, 0.2) is 0 Å². The van der Waals surface area contributed by atoms with E-state index in [1.54, 1.807) is 0 Å². The Labute approximate surface area is 43.1 Å². The van der Waals surface area contributed by atoms with E-state index in [9.17, 15) is 4.79 Å². The summed E-state index contributed by atoms with van der Waals surface area (Å²) in [4.78, 5) is 11.3. The van der Waals surface area contributed by atoms with Crippen molar-refractivity contribution in [2.45, 2.75) is 6.42 Å². The van der Waals surface area contributed by atoms with Crippen LogP contribution in [0.25, 0.3) is 0 Å². The van der Waals surface area contributed by atoms with Crippen molar-refractivity contribution in [3.63, 3.8) is 0 Å². The van der Waals surface area contributed by atoms with Crippen LogP contribution in [0.1, 0.15) is 6.42 Å². The largest absolute Gasteiger partial charge is 0.338 e. The van der Waals surface area contributed by atoms with Gasteiger partial charge in [-0.2, -0.15) is 0 Å². The number of carbonyl (C=O) groups excluding carboxylic acids is 1. The Morgan fingerprint density at radius 1 is 1.86 bits per heavy atom.